The van der Waals surface area contributed by atoms with Crippen LogP contribution in [0.5, 0.6) is 0 Å². The maximum Gasteiger partial charge on any atom is 0.123 e. The highest BCUT2D eigenvalue weighted by Crippen LogP contribution is 2.24. The van der Waals surface area contributed by atoms with Crippen molar-refractivity contribution in [2.45, 2.75) is 32.2 Å². The number of rotatable bonds is 4. The molecule has 2 N–H and O–H groups in total. The van der Waals surface area contributed by atoms with Gasteiger partial charge in [-0.25, -0.2) is 9.37 Å². The molecule has 18 heavy (non-hydrogen) atoms. The number of halogens is 1. The quantitative estimate of drug-likeness (QED) is 0.916. The summed E-state index contributed by atoms with van der Waals surface area (Å²) in [6, 6.07) is 6.43. The molecule has 0 aliphatic heterocycles. The van der Waals surface area contributed by atoms with Gasteiger partial charge in [0.15, 0.2) is 0 Å². The predicted molar refractivity (Wildman–Crippen MR) is 74.1 cm³/mol. The van der Waals surface area contributed by atoms with Crippen LogP contribution in [0, 0.1) is 5.82 Å². The molecular formula is C14H17FN2S. The second-order valence-electron chi connectivity index (χ2n) is 5.14. The molecule has 0 radical (unpaired) electrons. The molecule has 2 aromatic rings. The number of nitrogens with zero attached hydrogens (tertiary/aromatic N) is 1. The average molecular weight is 264 g/mol. The van der Waals surface area contributed by atoms with Crippen LogP contribution in [0.25, 0.3) is 10.6 Å². The van der Waals surface area contributed by atoms with E-state index < -0.39 is 0 Å². The van der Waals surface area contributed by atoms with Crippen LogP contribution in [-0.4, -0.2) is 10.5 Å². The average Bonchev–Trinajstić information content (AvgIpc) is 2.75. The third-order valence-electron chi connectivity index (χ3n) is 2.67. The summed E-state index contributed by atoms with van der Waals surface area (Å²) in [5, 5.41) is 2.98. The van der Waals surface area contributed by atoms with Crippen molar-refractivity contribution < 1.29 is 4.39 Å². The van der Waals surface area contributed by atoms with Crippen molar-refractivity contribution in [1.82, 2.24) is 4.98 Å². The third-order valence-corrected chi connectivity index (χ3v) is 3.61. The molecule has 0 spiro atoms. The summed E-state index contributed by atoms with van der Waals surface area (Å²) in [6.45, 7) is 4.03. The Morgan fingerprint density at radius 2 is 1.94 bits per heavy atom. The maximum absolute atomic E-state index is 12.8. The second-order valence-corrected chi connectivity index (χ2v) is 6.00. The SMILES string of the molecule is CC(C)(N)CCc1csc(-c2ccc(F)cc2)n1. The van der Waals surface area contributed by atoms with Crippen LogP contribution < -0.4 is 5.73 Å². The summed E-state index contributed by atoms with van der Waals surface area (Å²) in [5.41, 5.74) is 7.80. The van der Waals surface area contributed by atoms with Gasteiger partial charge in [-0.1, -0.05) is 0 Å². The van der Waals surface area contributed by atoms with Crippen LogP contribution in [0.15, 0.2) is 29.6 Å². The molecule has 0 atom stereocenters. The molecule has 96 valence electrons. The lowest BCUT2D eigenvalue weighted by Crippen LogP contribution is -2.32. The Bertz CT molecular complexity index is 511. The van der Waals surface area contributed by atoms with E-state index in [2.05, 4.69) is 4.98 Å². The fraction of sp³-hybridized carbons (Fsp3) is 0.357. The summed E-state index contributed by atoms with van der Waals surface area (Å²) < 4.78 is 12.8. The Hall–Kier alpha value is -1.26. The standard InChI is InChI=1S/C14H17FN2S/c1-14(2,16)8-7-12-9-18-13(17-12)10-3-5-11(15)6-4-10/h3-6,9H,7-8,16H2,1-2H3. The topological polar surface area (TPSA) is 38.9 Å². The molecule has 0 fully saturated rings. The van der Waals surface area contributed by atoms with Crippen LogP contribution in [0.3, 0.4) is 0 Å². The normalized spacial score (nSPS) is 11.8. The van der Waals surface area contributed by atoms with Crippen molar-refractivity contribution in [1.29, 1.82) is 0 Å². The predicted octanol–water partition coefficient (Wildman–Crippen LogP) is 3.62. The fourth-order valence-corrected chi connectivity index (χ4v) is 2.46. The molecule has 0 saturated carbocycles. The van der Waals surface area contributed by atoms with Gasteiger partial charge in [-0.15, -0.1) is 11.3 Å². The zero-order valence-corrected chi connectivity index (χ0v) is 11.4. The minimum atomic E-state index is -0.222. The zero-order chi connectivity index (χ0) is 13.2. The second kappa shape index (κ2) is 5.16. The molecule has 1 aromatic heterocycles. The van der Waals surface area contributed by atoms with Crippen molar-refractivity contribution in [2.24, 2.45) is 5.73 Å². The lowest BCUT2D eigenvalue weighted by atomic mass is 9.99. The van der Waals surface area contributed by atoms with E-state index in [9.17, 15) is 4.39 Å². The largest absolute Gasteiger partial charge is 0.326 e. The number of aromatic nitrogens is 1. The van der Waals surface area contributed by atoms with E-state index in [0.717, 1.165) is 29.1 Å². The van der Waals surface area contributed by atoms with E-state index >= 15 is 0 Å². The van der Waals surface area contributed by atoms with Gasteiger partial charge in [-0.3, -0.25) is 0 Å². The van der Waals surface area contributed by atoms with Crippen molar-refractivity contribution in [2.75, 3.05) is 0 Å². The summed E-state index contributed by atoms with van der Waals surface area (Å²) in [6.07, 6.45) is 1.78. The molecule has 0 aliphatic rings. The van der Waals surface area contributed by atoms with E-state index in [1.54, 1.807) is 23.5 Å². The first-order valence-corrected chi connectivity index (χ1v) is 6.81. The maximum atomic E-state index is 12.8. The Morgan fingerprint density at radius 3 is 2.56 bits per heavy atom. The molecule has 2 nitrogen and oxygen atoms in total. The van der Waals surface area contributed by atoms with Gasteiger partial charge in [0.25, 0.3) is 0 Å². The number of aryl methyl sites for hydroxylation is 1. The Morgan fingerprint density at radius 1 is 1.28 bits per heavy atom. The van der Waals surface area contributed by atoms with Gasteiger partial charge in [0.05, 0.1) is 5.69 Å². The van der Waals surface area contributed by atoms with Crippen molar-refractivity contribution in [3.8, 4) is 10.6 Å². The molecule has 1 heterocycles. The fourth-order valence-electron chi connectivity index (χ4n) is 1.60. The number of nitrogens with two attached hydrogens (primary N) is 1. The number of hydrogen-bond donors (Lipinski definition) is 1. The van der Waals surface area contributed by atoms with E-state index in [1.165, 1.54) is 12.1 Å². The van der Waals surface area contributed by atoms with Crippen molar-refractivity contribution in [3.63, 3.8) is 0 Å². The monoisotopic (exact) mass is 264 g/mol. The molecule has 1 aromatic carbocycles. The number of thiazole rings is 1. The molecule has 0 saturated heterocycles. The molecule has 4 heteroatoms. The smallest absolute Gasteiger partial charge is 0.123 e. The molecule has 2 rings (SSSR count). The minimum absolute atomic E-state index is 0.167. The van der Waals surface area contributed by atoms with E-state index in [-0.39, 0.29) is 11.4 Å². The van der Waals surface area contributed by atoms with Gasteiger partial charge in [0.2, 0.25) is 0 Å². The van der Waals surface area contributed by atoms with Gasteiger partial charge in [0, 0.05) is 16.5 Å². The highest BCUT2D eigenvalue weighted by atomic mass is 32.1. The summed E-state index contributed by atoms with van der Waals surface area (Å²) in [7, 11) is 0. The van der Waals surface area contributed by atoms with Gasteiger partial charge in [-0.05, 0) is 51.0 Å². The summed E-state index contributed by atoms with van der Waals surface area (Å²) in [4.78, 5) is 4.55. The van der Waals surface area contributed by atoms with E-state index in [0.29, 0.717) is 0 Å². The van der Waals surface area contributed by atoms with E-state index in [4.69, 9.17) is 5.73 Å². The van der Waals surface area contributed by atoms with Gasteiger partial charge in [-0.2, -0.15) is 0 Å². The molecular weight excluding hydrogens is 247 g/mol. The Kier molecular flexibility index (Phi) is 3.78. The zero-order valence-electron chi connectivity index (χ0n) is 10.6. The lowest BCUT2D eigenvalue weighted by Gasteiger charge is -2.16. The lowest BCUT2D eigenvalue weighted by molar-refractivity contribution is 0.475. The number of benzene rings is 1. The first kappa shape index (κ1) is 13.2. The summed E-state index contributed by atoms with van der Waals surface area (Å²) in [5.74, 6) is -0.222. The molecule has 0 unspecified atom stereocenters. The third kappa shape index (κ3) is 3.62. The van der Waals surface area contributed by atoms with Crippen molar-refractivity contribution in [3.05, 3.63) is 41.2 Å². The van der Waals surface area contributed by atoms with Crippen LogP contribution >= 0.6 is 11.3 Å². The minimum Gasteiger partial charge on any atom is -0.326 e. The highest BCUT2D eigenvalue weighted by Gasteiger charge is 2.12. The van der Waals surface area contributed by atoms with Crippen LogP contribution in [0.1, 0.15) is 26.0 Å². The van der Waals surface area contributed by atoms with Gasteiger partial charge in [0.1, 0.15) is 10.8 Å². The van der Waals surface area contributed by atoms with Gasteiger partial charge >= 0.3 is 0 Å². The highest BCUT2D eigenvalue weighted by molar-refractivity contribution is 7.13. The van der Waals surface area contributed by atoms with Crippen LogP contribution in [0.2, 0.25) is 0 Å². The number of hydrogen-bond acceptors (Lipinski definition) is 3. The first-order valence-electron chi connectivity index (χ1n) is 5.93. The Labute approximate surface area is 111 Å². The molecule has 0 bridgehead atoms. The Balaban J connectivity index is 2.08. The molecule has 0 aliphatic carbocycles. The van der Waals surface area contributed by atoms with Gasteiger partial charge < -0.3 is 5.73 Å². The van der Waals surface area contributed by atoms with Crippen molar-refractivity contribution >= 4 is 11.3 Å². The molecule has 0 amide bonds. The van der Waals surface area contributed by atoms with Crippen LogP contribution in [-0.2, 0) is 6.42 Å². The van der Waals surface area contributed by atoms with E-state index in [1.807, 2.05) is 19.2 Å². The van der Waals surface area contributed by atoms with Crippen LogP contribution in [0.4, 0.5) is 4.39 Å². The summed E-state index contributed by atoms with van der Waals surface area (Å²) >= 11 is 1.58. The first-order chi connectivity index (χ1) is 8.44.